The number of benzene rings is 2. The largest absolute Gasteiger partial charge is 0.508 e. The van der Waals surface area contributed by atoms with Crippen LogP contribution >= 0.6 is 0 Å². The average Bonchev–Trinajstić information content (AvgIpc) is 2.80. The minimum Gasteiger partial charge on any atom is -0.508 e. The molecule has 0 aliphatic carbocycles. The number of aromatic hydroxyl groups is 1. The number of carbonyl (C=O) groups is 2. The van der Waals surface area contributed by atoms with Gasteiger partial charge >= 0.3 is 0 Å². The molecule has 1 unspecified atom stereocenters. The van der Waals surface area contributed by atoms with Gasteiger partial charge in [-0.15, -0.1) is 0 Å². The lowest BCUT2D eigenvalue weighted by Gasteiger charge is -2.21. The minimum absolute atomic E-state index is 0.0168. The summed E-state index contributed by atoms with van der Waals surface area (Å²) in [6.07, 6.45) is 2.81. The molecule has 2 rings (SSSR count). The van der Waals surface area contributed by atoms with Crippen LogP contribution in [0.15, 0.2) is 59.6 Å². The highest BCUT2D eigenvalue weighted by Crippen LogP contribution is 2.11. The van der Waals surface area contributed by atoms with Crippen LogP contribution in [-0.2, 0) is 22.4 Å². The molecule has 0 saturated heterocycles. The third kappa shape index (κ3) is 10.0. The van der Waals surface area contributed by atoms with Gasteiger partial charge in [0.2, 0.25) is 11.8 Å². The van der Waals surface area contributed by atoms with E-state index in [1.165, 1.54) is 17.7 Å². The van der Waals surface area contributed by atoms with Crippen molar-refractivity contribution in [2.24, 2.45) is 22.2 Å². The van der Waals surface area contributed by atoms with E-state index in [4.69, 9.17) is 17.2 Å². The van der Waals surface area contributed by atoms with E-state index in [-0.39, 0.29) is 24.0 Å². The van der Waals surface area contributed by atoms with E-state index in [0.29, 0.717) is 25.9 Å². The number of hydrogen-bond acceptors (Lipinski definition) is 5. The first-order chi connectivity index (χ1) is 15.8. The molecule has 0 aliphatic heterocycles. The number of aliphatic imine (C=N–C) groups is 1. The van der Waals surface area contributed by atoms with Crippen molar-refractivity contribution in [3.05, 3.63) is 65.7 Å². The molecule has 9 N–H and O–H groups in total. The Morgan fingerprint density at radius 1 is 0.939 bits per heavy atom. The normalized spacial score (nSPS) is 12.4. The minimum atomic E-state index is -0.833. The molecule has 0 aromatic heterocycles. The average molecular weight is 455 g/mol. The highest BCUT2D eigenvalue weighted by atomic mass is 16.3. The summed E-state index contributed by atoms with van der Waals surface area (Å²) >= 11 is 0. The van der Waals surface area contributed by atoms with E-state index < -0.39 is 18.0 Å². The third-order valence-corrected chi connectivity index (χ3v) is 5.09. The lowest BCUT2D eigenvalue weighted by atomic mass is 10.0. The molecule has 33 heavy (non-hydrogen) atoms. The molecule has 2 aromatic carbocycles. The van der Waals surface area contributed by atoms with Crippen LogP contribution in [-0.4, -0.2) is 48.1 Å². The Hall–Kier alpha value is -3.59. The van der Waals surface area contributed by atoms with Crippen LogP contribution in [0.3, 0.4) is 0 Å². The number of phenols is 1. The van der Waals surface area contributed by atoms with Gasteiger partial charge in [-0.3, -0.25) is 14.6 Å². The van der Waals surface area contributed by atoms with Crippen molar-refractivity contribution >= 4 is 17.8 Å². The number of nitrogens with one attached hydrogen (secondary N) is 2. The summed E-state index contributed by atoms with van der Waals surface area (Å²) < 4.78 is 0. The fourth-order valence-corrected chi connectivity index (χ4v) is 3.30. The van der Waals surface area contributed by atoms with E-state index in [2.05, 4.69) is 15.6 Å². The van der Waals surface area contributed by atoms with Crippen LogP contribution in [0, 0.1) is 0 Å². The summed E-state index contributed by atoms with van der Waals surface area (Å²) in [5, 5.41) is 15.0. The zero-order valence-electron chi connectivity index (χ0n) is 18.7. The van der Waals surface area contributed by atoms with E-state index in [9.17, 15) is 14.7 Å². The first-order valence-corrected chi connectivity index (χ1v) is 11.1. The van der Waals surface area contributed by atoms with Crippen LogP contribution in [0.2, 0.25) is 0 Å². The molecule has 0 radical (unpaired) electrons. The van der Waals surface area contributed by atoms with Gasteiger partial charge in [-0.2, -0.15) is 0 Å². The maximum atomic E-state index is 12.8. The number of aryl methyl sites for hydroxylation is 1. The Labute approximate surface area is 194 Å². The first kappa shape index (κ1) is 25.7. The summed E-state index contributed by atoms with van der Waals surface area (Å²) in [6.45, 7) is 0.850. The molecule has 2 atom stereocenters. The van der Waals surface area contributed by atoms with Gasteiger partial charge in [0.25, 0.3) is 0 Å². The zero-order valence-corrected chi connectivity index (χ0v) is 18.7. The summed E-state index contributed by atoms with van der Waals surface area (Å²) in [7, 11) is 0. The van der Waals surface area contributed by atoms with Crippen molar-refractivity contribution in [1.82, 2.24) is 10.6 Å². The standard InChI is InChI=1S/C24H34N6O3/c25-20(16-18-10-12-19(31)13-11-18)22(32)30-21(9-5-15-29-24(26)27)23(33)28-14-4-8-17-6-2-1-3-7-17/h1-3,6-7,10-13,20-21,31H,4-5,8-9,14-16,25H2,(H,28,33)(H,30,32)(H4,26,27,29)/t20?,21-/m1/s1. The van der Waals surface area contributed by atoms with Crippen molar-refractivity contribution in [2.75, 3.05) is 13.1 Å². The maximum Gasteiger partial charge on any atom is 0.242 e. The van der Waals surface area contributed by atoms with Gasteiger partial charge in [0.15, 0.2) is 5.96 Å². The van der Waals surface area contributed by atoms with Gasteiger partial charge in [-0.05, 0) is 55.4 Å². The lowest BCUT2D eigenvalue weighted by Crippen LogP contribution is -2.52. The van der Waals surface area contributed by atoms with Crippen molar-refractivity contribution in [1.29, 1.82) is 0 Å². The molecule has 178 valence electrons. The highest BCUT2D eigenvalue weighted by Gasteiger charge is 2.23. The van der Waals surface area contributed by atoms with E-state index in [1.807, 2.05) is 30.3 Å². The second kappa shape index (κ2) is 13.7. The van der Waals surface area contributed by atoms with Crippen molar-refractivity contribution in [2.45, 2.75) is 44.2 Å². The molecule has 9 heteroatoms. The van der Waals surface area contributed by atoms with Gasteiger partial charge in [0.1, 0.15) is 11.8 Å². The van der Waals surface area contributed by atoms with Crippen molar-refractivity contribution < 1.29 is 14.7 Å². The molecular weight excluding hydrogens is 420 g/mol. The SMILES string of the molecule is NC(N)=NCCC[C@@H](NC(=O)C(N)Cc1ccc(O)cc1)C(=O)NCCCc1ccccc1. The van der Waals surface area contributed by atoms with Gasteiger partial charge < -0.3 is 32.9 Å². The van der Waals surface area contributed by atoms with E-state index >= 15 is 0 Å². The molecule has 0 spiro atoms. The molecule has 9 nitrogen and oxygen atoms in total. The number of amides is 2. The molecule has 0 fully saturated rings. The number of nitrogens with zero attached hydrogens (tertiary/aromatic N) is 1. The number of guanidine groups is 1. The molecule has 0 heterocycles. The maximum absolute atomic E-state index is 12.8. The van der Waals surface area contributed by atoms with Gasteiger partial charge in [-0.25, -0.2) is 0 Å². The van der Waals surface area contributed by atoms with Crippen molar-refractivity contribution in [3.63, 3.8) is 0 Å². The Morgan fingerprint density at radius 3 is 2.30 bits per heavy atom. The monoisotopic (exact) mass is 454 g/mol. The van der Waals surface area contributed by atoms with E-state index in [0.717, 1.165) is 18.4 Å². The van der Waals surface area contributed by atoms with Crippen molar-refractivity contribution in [3.8, 4) is 5.75 Å². The van der Waals surface area contributed by atoms with Gasteiger partial charge in [-0.1, -0.05) is 42.5 Å². The van der Waals surface area contributed by atoms with Crippen LogP contribution in [0.4, 0.5) is 0 Å². The van der Waals surface area contributed by atoms with Gasteiger partial charge in [0, 0.05) is 13.1 Å². The molecule has 2 amide bonds. The smallest absolute Gasteiger partial charge is 0.242 e. The number of hydrogen-bond donors (Lipinski definition) is 6. The predicted molar refractivity (Wildman–Crippen MR) is 129 cm³/mol. The van der Waals surface area contributed by atoms with E-state index in [1.54, 1.807) is 12.1 Å². The number of rotatable bonds is 13. The second-order valence-corrected chi connectivity index (χ2v) is 7.87. The Kier molecular flexibility index (Phi) is 10.7. The molecular formula is C24H34N6O3. The van der Waals surface area contributed by atoms with Gasteiger partial charge in [0.05, 0.1) is 6.04 Å². The quantitative estimate of drug-likeness (QED) is 0.147. The summed E-state index contributed by atoms with van der Waals surface area (Å²) in [5.41, 5.74) is 18.8. The second-order valence-electron chi connectivity index (χ2n) is 7.87. The van der Waals surface area contributed by atoms with Crippen LogP contribution < -0.4 is 27.8 Å². The Balaban J connectivity index is 1.88. The Bertz CT molecular complexity index is 898. The molecule has 2 aromatic rings. The molecule has 0 bridgehead atoms. The third-order valence-electron chi connectivity index (χ3n) is 5.09. The molecule has 0 aliphatic rings. The highest BCUT2D eigenvalue weighted by molar-refractivity contribution is 5.89. The number of nitrogens with two attached hydrogens (primary N) is 3. The summed E-state index contributed by atoms with van der Waals surface area (Å²) in [4.78, 5) is 29.3. The fourth-order valence-electron chi connectivity index (χ4n) is 3.30. The molecule has 0 saturated carbocycles. The number of carbonyl (C=O) groups excluding carboxylic acids is 2. The van der Waals surface area contributed by atoms with Crippen LogP contribution in [0.5, 0.6) is 5.75 Å². The summed E-state index contributed by atoms with van der Waals surface area (Å²) in [5.74, 6) is -0.564. The number of phenolic OH excluding ortho intramolecular Hbond substituents is 1. The topological polar surface area (TPSA) is 169 Å². The Morgan fingerprint density at radius 2 is 1.64 bits per heavy atom. The first-order valence-electron chi connectivity index (χ1n) is 11.1. The predicted octanol–water partition coefficient (Wildman–Crippen LogP) is 0.549. The van der Waals surface area contributed by atoms with Crippen LogP contribution in [0.25, 0.3) is 0 Å². The fraction of sp³-hybridized carbons (Fsp3) is 0.375. The lowest BCUT2D eigenvalue weighted by molar-refractivity contribution is -0.129. The summed E-state index contributed by atoms with van der Waals surface area (Å²) in [6, 6.07) is 14.9. The van der Waals surface area contributed by atoms with Crippen LogP contribution in [0.1, 0.15) is 30.4 Å². The zero-order chi connectivity index (χ0) is 24.1.